The third-order valence-electron chi connectivity index (χ3n) is 4.41. The molecule has 1 aromatic carbocycles. The Balaban J connectivity index is 1.77. The van der Waals surface area contributed by atoms with Gasteiger partial charge in [-0.3, -0.25) is 0 Å². The van der Waals surface area contributed by atoms with E-state index < -0.39 is 0 Å². The van der Waals surface area contributed by atoms with Crippen LogP contribution in [0.1, 0.15) is 51.1 Å². The van der Waals surface area contributed by atoms with Crippen molar-refractivity contribution in [1.82, 2.24) is 10.2 Å². The molecule has 0 radical (unpaired) electrons. The first kappa shape index (κ1) is 16.4. The van der Waals surface area contributed by atoms with E-state index in [-0.39, 0.29) is 5.82 Å². The molecule has 1 aliphatic rings. The number of nitrogens with one attached hydrogen (secondary N) is 1. The Bertz CT molecular complexity index is 398. The summed E-state index contributed by atoms with van der Waals surface area (Å²) in [5.41, 5.74) is 1.18. The van der Waals surface area contributed by atoms with Gasteiger partial charge in [-0.1, -0.05) is 32.4 Å². The molecule has 0 aromatic heterocycles. The number of likely N-dealkylation sites (tertiary alicyclic amines) is 1. The zero-order valence-electron chi connectivity index (χ0n) is 13.4. The molecule has 0 spiro atoms. The van der Waals surface area contributed by atoms with Crippen LogP contribution in [0.25, 0.3) is 0 Å². The minimum Gasteiger partial charge on any atom is -0.310 e. The highest BCUT2D eigenvalue weighted by Crippen LogP contribution is 2.18. The summed E-state index contributed by atoms with van der Waals surface area (Å²) >= 11 is 0. The Morgan fingerprint density at radius 2 is 1.81 bits per heavy atom. The van der Waals surface area contributed by atoms with E-state index in [9.17, 15) is 4.39 Å². The molecule has 1 heterocycles. The van der Waals surface area contributed by atoms with Crippen molar-refractivity contribution in [2.24, 2.45) is 5.92 Å². The predicted octanol–water partition coefficient (Wildman–Crippen LogP) is 3.99. The van der Waals surface area contributed by atoms with Crippen molar-refractivity contribution >= 4 is 0 Å². The molecule has 0 amide bonds. The van der Waals surface area contributed by atoms with Crippen molar-refractivity contribution in [3.63, 3.8) is 0 Å². The van der Waals surface area contributed by atoms with E-state index in [1.807, 2.05) is 12.1 Å². The van der Waals surface area contributed by atoms with Crippen LogP contribution < -0.4 is 5.32 Å². The first-order chi connectivity index (χ1) is 10.2. The molecule has 2 atom stereocenters. The van der Waals surface area contributed by atoms with E-state index in [0.29, 0.717) is 12.0 Å². The van der Waals surface area contributed by atoms with Crippen molar-refractivity contribution in [1.29, 1.82) is 0 Å². The smallest absolute Gasteiger partial charge is 0.123 e. The molecule has 2 unspecified atom stereocenters. The van der Waals surface area contributed by atoms with Crippen molar-refractivity contribution < 1.29 is 4.39 Å². The topological polar surface area (TPSA) is 15.3 Å². The van der Waals surface area contributed by atoms with Gasteiger partial charge >= 0.3 is 0 Å². The highest BCUT2D eigenvalue weighted by atomic mass is 19.1. The van der Waals surface area contributed by atoms with Crippen LogP contribution in [0.5, 0.6) is 0 Å². The Morgan fingerprint density at radius 1 is 1.14 bits per heavy atom. The first-order valence-corrected chi connectivity index (χ1v) is 8.40. The zero-order valence-corrected chi connectivity index (χ0v) is 13.4. The van der Waals surface area contributed by atoms with Crippen LogP contribution in [0.15, 0.2) is 24.3 Å². The third kappa shape index (κ3) is 5.40. The van der Waals surface area contributed by atoms with Gasteiger partial charge < -0.3 is 10.2 Å². The molecule has 0 aliphatic carbocycles. The van der Waals surface area contributed by atoms with Gasteiger partial charge in [0.2, 0.25) is 0 Å². The second-order valence-electron chi connectivity index (χ2n) is 6.39. The fourth-order valence-corrected chi connectivity index (χ4v) is 3.18. The molecule has 21 heavy (non-hydrogen) atoms. The second kappa shape index (κ2) is 8.50. The van der Waals surface area contributed by atoms with E-state index in [1.165, 1.54) is 44.5 Å². The zero-order chi connectivity index (χ0) is 15.1. The lowest BCUT2D eigenvalue weighted by atomic mass is 10.0. The van der Waals surface area contributed by atoms with E-state index in [2.05, 4.69) is 24.1 Å². The number of nitrogens with zero attached hydrogens (tertiary/aromatic N) is 1. The van der Waals surface area contributed by atoms with Gasteiger partial charge in [0.15, 0.2) is 0 Å². The summed E-state index contributed by atoms with van der Waals surface area (Å²) in [7, 11) is 0. The second-order valence-corrected chi connectivity index (χ2v) is 6.39. The third-order valence-corrected chi connectivity index (χ3v) is 4.41. The molecule has 118 valence electrons. The molecule has 1 aromatic rings. The number of hydrogen-bond donors (Lipinski definition) is 1. The van der Waals surface area contributed by atoms with E-state index in [0.717, 1.165) is 13.0 Å². The van der Waals surface area contributed by atoms with Crippen LogP contribution in [0, 0.1) is 11.7 Å². The highest BCUT2D eigenvalue weighted by molar-refractivity contribution is 5.19. The first-order valence-electron chi connectivity index (χ1n) is 8.40. The minimum atomic E-state index is -0.160. The van der Waals surface area contributed by atoms with Gasteiger partial charge in [-0.15, -0.1) is 0 Å². The van der Waals surface area contributed by atoms with Crippen molar-refractivity contribution in [2.45, 2.75) is 45.6 Å². The summed E-state index contributed by atoms with van der Waals surface area (Å²) in [6, 6.07) is 7.22. The predicted molar refractivity (Wildman–Crippen MR) is 86.9 cm³/mol. The average molecular weight is 292 g/mol. The maximum absolute atomic E-state index is 13.0. The van der Waals surface area contributed by atoms with Crippen molar-refractivity contribution in [2.75, 3.05) is 26.2 Å². The molecule has 2 nitrogen and oxygen atoms in total. The standard InChI is InChI=1S/C18H29FN2/c1-3-18(16-7-9-17(19)10-8-16)20-13-15(2)14-21-11-5-4-6-12-21/h7-10,15,18,20H,3-6,11-14H2,1-2H3. The van der Waals surface area contributed by atoms with Gasteiger partial charge in [-0.25, -0.2) is 4.39 Å². The lowest BCUT2D eigenvalue weighted by Gasteiger charge is -2.30. The number of benzene rings is 1. The number of piperidine rings is 1. The number of rotatable bonds is 7. The number of hydrogen-bond acceptors (Lipinski definition) is 2. The van der Waals surface area contributed by atoms with E-state index >= 15 is 0 Å². The summed E-state index contributed by atoms with van der Waals surface area (Å²) in [5.74, 6) is 0.490. The lowest BCUT2D eigenvalue weighted by molar-refractivity contribution is 0.197. The maximum Gasteiger partial charge on any atom is 0.123 e. The molecule has 1 aliphatic heterocycles. The van der Waals surface area contributed by atoms with Crippen LogP contribution in [0.3, 0.4) is 0 Å². The minimum absolute atomic E-state index is 0.160. The monoisotopic (exact) mass is 292 g/mol. The molecule has 1 saturated heterocycles. The largest absolute Gasteiger partial charge is 0.310 e. The van der Waals surface area contributed by atoms with Crippen LogP contribution in [-0.2, 0) is 0 Å². The SMILES string of the molecule is CCC(NCC(C)CN1CCCCC1)c1ccc(F)cc1. The summed E-state index contributed by atoms with van der Waals surface area (Å²) in [5, 5.41) is 3.65. The number of halogens is 1. The molecule has 2 rings (SSSR count). The summed E-state index contributed by atoms with van der Waals surface area (Å²) in [4.78, 5) is 2.59. The van der Waals surface area contributed by atoms with Gasteiger partial charge in [0.1, 0.15) is 5.82 Å². The van der Waals surface area contributed by atoms with Gasteiger partial charge in [-0.05, 0) is 62.5 Å². The molecule has 0 bridgehead atoms. The van der Waals surface area contributed by atoms with Crippen LogP contribution in [0.4, 0.5) is 4.39 Å². The van der Waals surface area contributed by atoms with Gasteiger partial charge in [0.25, 0.3) is 0 Å². The summed E-state index contributed by atoms with van der Waals surface area (Å²) < 4.78 is 13.0. The Hall–Kier alpha value is -0.930. The highest BCUT2D eigenvalue weighted by Gasteiger charge is 2.15. The van der Waals surface area contributed by atoms with Gasteiger partial charge in [0, 0.05) is 12.6 Å². The Labute approximate surface area is 128 Å². The van der Waals surface area contributed by atoms with Gasteiger partial charge in [0.05, 0.1) is 0 Å². The molecule has 1 fully saturated rings. The molecule has 1 N–H and O–H groups in total. The van der Waals surface area contributed by atoms with E-state index in [4.69, 9.17) is 0 Å². The lowest BCUT2D eigenvalue weighted by Crippen LogP contribution is -2.37. The van der Waals surface area contributed by atoms with Gasteiger partial charge in [-0.2, -0.15) is 0 Å². The average Bonchev–Trinajstić information content (AvgIpc) is 2.50. The molecular weight excluding hydrogens is 263 g/mol. The molecule has 0 saturated carbocycles. The Kier molecular flexibility index (Phi) is 6.65. The van der Waals surface area contributed by atoms with Crippen LogP contribution in [0.2, 0.25) is 0 Å². The van der Waals surface area contributed by atoms with E-state index in [1.54, 1.807) is 12.1 Å². The molecular formula is C18H29FN2. The van der Waals surface area contributed by atoms with Crippen molar-refractivity contribution in [3.8, 4) is 0 Å². The summed E-state index contributed by atoms with van der Waals surface area (Å²) in [6.07, 6.45) is 5.13. The quantitative estimate of drug-likeness (QED) is 0.817. The van der Waals surface area contributed by atoms with Crippen LogP contribution >= 0.6 is 0 Å². The van der Waals surface area contributed by atoms with Crippen molar-refractivity contribution in [3.05, 3.63) is 35.6 Å². The van der Waals surface area contributed by atoms with Crippen LogP contribution in [-0.4, -0.2) is 31.1 Å². The summed E-state index contributed by atoms with van der Waals surface area (Å²) in [6.45, 7) is 9.23. The Morgan fingerprint density at radius 3 is 2.43 bits per heavy atom. The fraction of sp³-hybridized carbons (Fsp3) is 0.667. The molecule has 3 heteroatoms. The fourth-order valence-electron chi connectivity index (χ4n) is 3.18. The normalized spacial score (nSPS) is 19.4. The maximum atomic E-state index is 13.0.